The number of halogens is 3. The first kappa shape index (κ1) is 20.7. The van der Waals surface area contributed by atoms with E-state index in [9.17, 15) is 0 Å². The summed E-state index contributed by atoms with van der Waals surface area (Å²) in [5.41, 5.74) is 3.56. The molecular formula is C17H21Cl3N6. The standard InChI is InChI=1S/C17H20Cl2N6.ClH/c1-12(25(7-5-18)8-6-19)13-3-2-4-14(9-13)24-17-15-16(21-10-20-15)22-11-23-17;/h2-4,9-12H,5-8H2,1H3,(H2,20,21,22,23,24);1H. The predicted octanol–water partition coefficient (Wildman–Crippen LogP) is 4.36. The molecule has 0 spiro atoms. The minimum absolute atomic E-state index is 0. The minimum Gasteiger partial charge on any atom is -0.340 e. The second-order valence-electron chi connectivity index (χ2n) is 5.66. The van der Waals surface area contributed by atoms with Gasteiger partial charge in [-0.1, -0.05) is 12.1 Å². The molecule has 2 N–H and O–H groups in total. The zero-order valence-corrected chi connectivity index (χ0v) is 16.7. The second kappa shape index (κ2) is 9.92. The lowest BCUT2D eigenvalue weighted by molar-refractivity contribution is 0.237. The third-order valence-electron chi connectivity index (χ3n) is 4.15. The molecule has 3 aromatic rings. The zero-order valence-electron chi connectivity index (χ0n) is 14.3. The molecule has 1 aromatic carbocycles. The van der Waals surface area contributed by atoms with Crippen molar-refractivity contribution >= 4 is 58.3 Å². The van der Waals surface area contributed by atoms with Crippen molar-refractivity contribution in [2.45, 2.75) is 13.0 Å². The number of benzene rings is 1. The van der Waals surface area contributed by atoms with Gasteiger partial charge in [0, 0.05) is 36.6 Å². The Morgan fingerprint density at radius 2 is 1.92 bits per heavy atom. The van der Waals surface area contributed by atoms with Crippen LogP contribution in [0.5, 0.6) is 0 Å². The third-order valence-corrected chi connectivity index (χ3v) is 4.48. The van der Waals surface area contributed by atoms with Crippen LogP contribution in [0.2, 0.25) is 0 Å². The lowest BCUT2D eigenvalue weighted by atomic mass is 10.1. The first-order valence-corrected chi connectivity index (χ1v) is 9.17. The molecule has 2 heterocycles. The van der Waals surface area contributed by atoms with Gasteiger partial charge in [0.2, 0.25) is 0 Å². The molecule has 2 aromatic heterocycles. The summed E-state index contributed by atoms with van der Waals surface area (Å²) >= 11 is 11.9. The Balaban J connectivity index is 0.00000243. The lowest BCUT2D eigenvalue weighted by Gasteiger charge is -2.28. The highest BCUT2D eigenvalue weighted by Crippen LogP contribution is 2.26. The van der Waals surface area contributed by atoms with Crippen LogP contribution in [0.25, 0.3) is 11.2 Å². The number of nitrogens with zero attached hydrogens (tertiary/aromatic N) is 4. The van der Waals surface area contributed by atoms with Crippen LogP contribution in [-0.2, 0) is 0 Å². The SMILES string of the molecule is CC(c1cccc(Nc2ncnc3nc[nH]c23)c1)N(CCCl)CCCl.Cl. The fraction of sp³-hybridized carbons (Fsp3) is 0.353. The molecule has 0 radical (unpaired) electrons. The smallest absolute Gasteiger partial charge is 0.182 e. The van der Waals surface area contributed by atoms with Gasteiger partial charge in [-0.05, 0) is 24.6 Å². The summed E-state index contributed by atoms with van der Waals surface area (Å²) in [6.07, 6.45) is 3.11. The fourth-order valence-corrected chi connectivity index (χ4v) is 3.23. The normalized spacial score (nSPS) is 12.2. The van der Waals surface area contributed by atoms with Gasteiger partial charge in [0.15, 0.2) is 11.5 Å². The van der Waals surface area contributed by atoms with Crippen LogP contribution >= 0.6 is 35.6 Å². The van der Waals surface area contributed by atoms with E-state index in [1.165, 1.54) is 11.9 Å². The van der Waals surface area contributed by atoms with Gasteiger partial charge in [-0.25, -0.2) is 15.0 Å². The maximum Gasteiger partial charge on any atom is 0.182 e. The van der Waals surface area contributed by atoms with Gasteiger partial charge in [0.25, 0.3) is 0 Å². The molecule has 0 aliphatic carbocycles. The minimum atomic E-state index is 0. The second-order valence-corrected chi connectivity index (χ2v) is 6.42. The molecule has 0 aliphatic heterocycles. The van der Waals surface area contributed by atoms with E-state index in [1.54, 1.807) is 6.33 Å². The molecule has 140 valence electrons. The Bertz CT molecular complexity index is 819. The Kier molecular flexibility index (Phi) is 7.90. The summed E-state index contributed by atoms with van der Waals surface area (Å²) in [5, 5.41) is 3.34. The van der Waals surface area contributed by atoms with Crippen molar-refractivity contribution in [2.24, 2.45) is 0 Å². The molecule has 0 fully saturated rings. The maximum absolute atomic E-state index is 5.93. The van der Waals surface area contributed by atoms with Gasteiger partial charge in [-0.3, -0.25) is 4.90 Å². The molecule has 3 rings (SSSR count). The van der Waals surface area contributed by atoms with E-state index >= 15 is 0 Å². The highest BCUT2D eigenvalue weighted by Gasteiger charge is 2.15. The summed E-state index contributed by atoms with van der Waals surface area (Å²) < 4.78 is 0. The summed E-state index contributed by atoms with van der Waals surface area (Å²) in [7, 11) is 0. The topological polar surface area (TPSA) is 69.7 Å². The Labute approximate surface area is 168 Å². The third kappa shape index (κ3) is 4.76. The predicted molar refractivity (Wildman–Crippen MR) is 110 cm³/mol. The van der Waals surface area contributed by atoms with E-state index in [-0.39, 0.29) is 18.4 Å². The Morgan fingerprint density at radius 3 is 2.65 bits per heavy atom. The van der Waals surface area contributed by atoms with Crippen molar-refractivity contribution in [2.75, 3.05) is 30.2 Å². The average molecular weight is 416 g/mol. The van der Waals surface area contributed by atoms with Gasteiger partial charge in [-0.2, -0.15) is 0 Å². The lowest BCUT2D eigenvalue weighted by Crippen LogP contribution is -2.30. The monoisotopic (exact) mass is 414 g/mol. The van der Waals surface area contributed by atoms with Crippen LogP contribution in [0.3, 0.4) is 0 Å². The molecule has 1 unspecified atom stereocenters. The molecule has 0 aliphatic rings. The van der Waals surface area contributed by atoms with Crippen molar-refractivity contribution in [3.63, 3.8) is 0 Å². The number of alkyl halides is 2. The van der Waals surface area contributed by atoms with Crippen LogP contribution in [0.15, 0.2) is 36.9 Å². The fourth-order valence-electron chi connectivity index (χ4n) is 2.80. The largest absolute Gasteiger partial charge is 0.340 e. The van der Waals surface area contributed by atoms with Gasteiger partial charge in [0.1, 0.15) is 11.8 Å². The molecule has 0 saturated carbocycles. The number of rotatable bonds is 8. The van der Waals surface area contributed by atoms with Gasteiger partial charge in [0.05, 0.1) is 6.33 Å². The van der Waals surface area contributed by atoms with Crippen molar-refractivity contribution in [1.82, 2.24) is 24.8 Å². The average Bonchev–Trinajstić information content (AvgIpc) is 3.11. The molecule has 6 nitrogen and oxygen atoms in total. The Hall–Kier alpha value is -1.60. The van der Waals surface area contributed by atoms with Crippen molar-refractivity contribution in [3.8, 4) is 0 Å². The van der Waals surface area contributed by atoms with E-state index in [0.717, 1.165) is 24.3 Å². The zero-order chi connectivity index (χ0) is 17.6. The van der Waals surface area contributed by atoms with E-state index in [4.69, 9.17) is 23.2 Å². The van der Waals surface area contributed by atoms with Crippen LogP contribution in [0.4, 0.5) is 11.5 Å². The maximum atomic E-state index is 5.93. The highest BCUT2D eigenvalue weighted by atomic mass is 35.5. The van der Waals surface area contributed by atoms with Crippen LogP contribution in [0.1, 0.15) is 18.5 Å². The van der Waals surface area contributed by atoms with Crippen molar-refractivity contribution in [1.29, 1.82) is 0 Å². The van der Waals surface area contributed by atoms with Gasteiger partial charge in [-0.15, -0.1) is 35.6 Å². The number of aromatic nitrogens is 4. The van der Waals surface area contributed by atoms with Crippen molar-refractivity contribution in [3.05, 3.63) is 42.5 Å². The van der Waals surface area contributed by atoms with E-state index in [2.05, 4.69) is 49.2 Å². The molecular weight excluding hydrogens is 395 g/mol. The number of imidazole rings is 1. The molecule has 0 bridgehead atoms. The van der Waals surface area contributed by atoms with Gasteiger partial charge >= 0.3 is 0 Å². The van der Waals surface area contributed by atoms with Crippen LogP contribution in [0, 0.1) is 0 Å². The van der Waals surface area contributed by atoms with E-state index in [0.29, 0.717) is 23.2 Å². The number of hydrogen-bond donors (Lipinski definition) is 2. The molecule has 0 saturated heterocycles. The van der Waals surface area contributed by atoms with Gasteiger partial charge < -0.3 is 10.3 Å². The van der Waals surface area contributed by atoms with E-state index < -0.39 is 0 Å². The summed E-state index contributed by atoms with van der Waals surface area (Å²) in [6.45, 7) is 3.76. The highest BCUT2D eigenvalue weighted by molar-refractivity contribution is 6.18. The van der Waals surface area contributed by atoms with Crippen LogP contribution < -0.4 is 5.32 Å². The summed E-state index contributed by atoms with van der Waals surface area (Å²) in [6, 6.07) is 8.48. The first-order chi connectivity index (χ1) is 12.2. The number of aromatic amines is 1. The number of H-pyrrole nitrogens is 1. The Morgan fingerprint density at radius 1 is 1.15 bits per heavy atom. The van der Waals surface area contributed by atoms with Crippen molar-refractivity contribution < 1.29 is 0 Å². The quantitative estimate of drug-likeness (QED) is 0.535. The summed E-state index contributed by atoms with van der Waals surface area (Å²) in [4.78, 5) is 17.9. The van der Waals surface area contributed by atoms with Crippen LogP contribution in [-0.4, -0.2) is 49.7 Å². The molecule has 9 heteroatoms. The van der Waals surface area contributed by atoms with E-state index in [1.807, 2.05) is 12.1 Å². The number of anilines is 2. The first-order valence-electron chi connectivity index (χ1n) is 8.10. The number of hydrogen-bond acceptors (Lipinski definition) is 5. The molecule has 26 heavy (non-hydrogen) atoms. The molecule has 1 atom stereocenters. The number of nitrogens with one attached hydrogen (secondary N) is 2. The number of fused-ring (bicyclic) bond motifs is 1. The molecule has 0 amide bonds. The summed E-state index contributed by atoms with van der Waals surface area (Å²) in [5.74, 6) is 1.86.